The fraction of sp³-hybridized carbons (Fsp3) is 0.250. The van der Waals surface area contributed by atoms with Gasteiger partial charge in [-0.25, -0.2) is 4.79 Å². The number of amides is 1. The van der Waals surface area contributed by atoms with Gasteiger partial charge in [-0.2, -0.15) is 0 Å². The van der Waals surface area contributed by atoms with Gasteiger partial charge in [0.15, 0.2) is 0 Å². The van der Waals surface area contributed by atoms with Crippen LogP contribution in [0.2, 0.25) is 0 Å². The molecule has 0 bridgehead atoms. The normalized spacial score (nSPS) is 11.9. The van der Waals surface area contributed by atoms with Crippen LogP contribution in [-0.4, -0.2) is 15.5 Å². The van der Waals surface area contributed by atoms with Crippen LogP contribution in [0.1, 0.15) is 35.4 Å². The first-order chi connectivity index (χ1) is 13.1. The van der Waals surface area contributed by atoms with Crippen molar-refractivity contribution in [1.82, 2.24) is 14.9 Å². The number of nitrogens with one attached hydrogen (secondary N) is 2. The topological polar surface area (TPSA) is 84.0 Å². The average Bonchev–Trinajstić information content (AvgIpc) is 3.18. The van der Waals surface area contributed by atoms with Crippen molar-refractivity contribution in [2.24, 2.45) is 0 Å². The Morgan fingerprint density at radius 1 is 1.19 bits per heavy atom. The van der Waals surface area contributed by atoms with E-state index in [1.165, 1.54) is 22.4 Å². The summed E-state index contributed by atoms with van der Waals surface area (Å²) in [6.07, 6.45) is 3.42. The Kier molecular flexibility index (Phi) is 6.03. The predicted molar refractivity (Wildman–Crippen MR) is 106 cm³/mol. The van der Waals surface area contributed by atoms with E-state index in [4.69, 9.17) is 0 Å². The second-order valence-electron chi connectivity index (χ2n) is 6.25. The third kappa shape index (κ3) is 4.83. The number of rotatable bonds is 7. The third-order valence-corrected chi connectivity index (χ3v) is 5.13. The lowest BCUT2D eigenvalue weighted by Gasteiger charge is -2.19. The lowest BCUT2D eigenvalue weighted by atomic mass is 10.0. The zero-order valence-corrected chi connectivity index (χ0v) is 15.8. The van der Waals surface area contributed by atoms with Gasteiger partial charge in [0.25, 0.3) is 5.56 Å². The van der Waals surface area contributed by atoms with E-state index in [9.17, 15) is 14.4 Å². The SMILES string of the molecule is CCCc1ccc(C(NC(=O)Cn2ccc(=O)[nH]c2=O)c2cccs2)cc1. The van der Waals surface area contributed by atoms with Gasteiger partial charge in [-0.1, -0.05) is 43.7 Å². The highest BCUT2D eigenvalue weighted by atomic mass is 32.1. The van der Waals surface area contributed by atoms with Gasteiger partial charge < -0.3 is 5.32 Å². The highest BCUT2D eigenvalue weighted by molar-refractivity contribution is 7.10. The molecule has 3 rings (SSSR count). The summed E-state index contributed by atoms with van der Waals surface area (Å²) in [7, 11) is 0. The molecule has 2 aromatic heterocycles. The molecule has 0 saturated carbocycles. The van der Waals surface area contributed by atoms with Crippen molar-refractivity contribution in [3.05, 3.63) is 90.9 Å². The number of thiophene rings is 1. The summed E-state index contributed by atoms with van der Waals surface area (Å²) in [5.41, 5.74) is 1.16. The molecule has 1 unspecified atom stereocenters. The minimum Gasteiger partial charge on any atom is -0.343 e. The highest BCUT2D eigenvalue weighted by Gasteiger charge is 2.18. The standard InChI is InChI=1S/C20H21N3O3S/c1-2-4-14-6-8-15(9-7-14)19(16-5-3-12-27-16)21-18(25)13-23-11-10-17(24)22-20(23)26/h3,5-12,19H,2,4,13H2,1H3,(H,21,25)(H,22,24,26). The van der Waals surface area contributed by atoms with E-state index in [0.717, 1.165) is 23.3 Å². The van der Waals surface area contributed by atoms with E-state index < -0.39 is 11.2 Å². The molecule has 1 atom stereocenters. The molecular weight excluding hydrogens is 362 g/mol. The molecular formula is C20H21N3O3S. The van der Waals surface area contributed by atoms with Crippen LogP contribution in [0.5, 0.6) is 0 Å². The zero-order chi connectivity index (χ0) is 19.2. The molecule has 0 spiro atoms. The molecule has 0 aliphatic heterocycles. The number of aromatic amines is 1. The molecule has 1 aromatic carbocycles. The summed E-state index contributed by atoms with van der Waals surface area (Å²) in [6, 6.07) is 13.1. The fourth-order valence-electron chi connectivity index (χ4n) is 2.87. The van der Waals surface area contributed by atoms with Crippen LogP contribution in [0.25, 0.3) is 0 Å². The van der Waals surface area contributed by atoms with Crippen molar-refractivity contribution in [1.29, 1.82) is 0 Å². The van der Waals surface area contributed by atoms with Crippen molar-refractivity contribution in [3.63, 3.8) is 0 Å². The lowest BCUT2D eigenvalue weighted by Crippen LogP contribution is -2.37. The molecule has 0 saturated heterocycles. The molecule has 6 nitrogen and oxygen atoms in total. The maximum Gasteiger partial charge on any atom is 0.328 e. The molecule has 27 heavy (non-hydrogen) atoms. The molecule has 0 fully saturated rings. The smallest absolute Gasteiger partial charge is 0.328 e. The second kappa shape index (κ2) is 8.64. The van der Waals surface area contributed by atoms with Gasteiger partial charge in [0.1, 0.15) is 6.54 Å². The fourth-order valence-corrected chi connectivity index (χ4v) is 3.67. The Morgan fingerprint density at radius 2 is 1.96 bits per heavy atom. The first-order valence-corrected chi connectivity index (χ1v) is 9.66. The number of aryl methyl sites for hydroxylation is 1. The van der Waals surface area contributed by atoms with Gasteiger partial charge >= 0.3 is 5.69 Å². The summed E-state index contributed by atoms with van der Waals surface area (Å²) in [5, 5.41) is 4.96. The van der Waals surface area contributed by atoms with E-state index in [-0.39, 0.29) is 18.5 Å². The maximum atomic E-state index is 12.5. The lowest BCUT2D eigenvalue weighted by molar-refractivity contribution is -0.122. The van der Waals surface area contributed by atoms with Crippen LogP contribution in [0.4, 0.5) is 0 Å². The molecule has 140 valence electrons. The largest absolute Gasteiger partial charge is 0.343 e. The number of nitrogens with zero attached hydrogens (tertiary/aromatic N) is 1. The summed E-state index contributed by atoms with van der Waals surface area (Å²) >= 11 is 1.56. The van der Waals surface area contributed by atoms with E-state index in [1.807, 2.05) is 29.6 Å². The van der Waals surface area contributed by atoms with Crippen molar-refractivity contribution in [3.8, 4) is 0 Å². The Balaban J connectivity index is 1.80. The minimum atomic E-state index is -0.603. The van der Waals surface area contributed by atoms with E-state index in [1.54, 1.807) is 11.3 Å². The molecule has 1 amide bonds. The molecule has 7 heteroatoms. The van der Waals surface area contributed by atoms with Gasteiger partial charge in [0.2, 0.25) is 5.91 Å². The van der Waals surface area contributed by atoms with E-state index >= 15 is 0 Å². The van der Waals surface area contributed by atoms with Crippen molar-refractivity contribution < 1.29 is 4.79 Å². The van der Waals surface area contributed by atoms with Crippen LogP contribution in [-0.2, 0) is 17.8 Å². The van der Waals surface area contributed by atoms with Crippen LogP contribution in [0, 0.1) is 0 Å². The van der Waals surface area contributed by atoms with Gasteiger partial charge in [0, 0.05) is 17.1 Å². The van der Waals surface area contributed by atoms with Crippen LogP contribution in [0.3, 0.4) is 0 Å². The Morgan fingerprint density at radius 3 is 2.59 bits per heavy atom. The third-order valence-electron chi connectivity index (χ3n) is 4.20. The number of carbonyl (C=O) groups is 1. The monoisotopic (exact) mass is 383 g/mol. The molecule has 2 N–H and O–H groups in total. The van der Waals surface area contributed by atoms with Crippen LogP contribution in [0.15, 0.2) is 63.6 Å². The number of hydrogen-bond acceptors (Lipinski definition) is 4. The van der Waals surface area contributed by atoms with Crippen molar-refractivity contribution in [2.45, 2.75) is 32.4 Å². The number of carbonyl (C=O) groups excluding carboxylic acids is 1. The van der Waals surface area contributed by atoms with Crippen molar-refractivity contribution >= 4 is 17.2 Å². The van der Waals surface area contributed by atoms with E-state index in [0.29, 0.717) is 0 Å². The van der Waals surface area contributed by atoms with Gasteiger partial charge in [0.05, 0.1) is 6.04 Å². The highest BCUT2D eigenvalue weighted by Crippen LogP contribution is 2.26. The summed E-state index contributed by atoms with van der Waals surface area (Å²) in [5.74, 6) is -0.305. The van der Waals surface area contributed by atoms with Crippen LogP contribution < -0.4 is 16.6 Å². The first-order valence-electron chi connectivity index (χ1n) is 8.78. The van der Waals surface area contributed by atoms with E-state index in [2.05, 4.69) is 29.4 Å². The maximum absolute atomic E-state index is 12.5. The summed E-state index contributed by atoms with van der Waals surface area (Å²) in [4.78, 5) is 38.6. The number of benzene rings is 1. The minimum absolute atomic E-state index is 0.161. The molecule has 0 aliphatic rings. The molecule has 2 heterocycles. The Hall–Kier alpha value is -2.93. The van der Waals surface area contributed by atoms with Crippen LogP contribution >= 0.6 is 11.3 Å². The summed E-state index contributed by atoms with van der Waals surface area (Å²) < 4.78 is 1.17. The Labute approximate surface area is 160 Å². The quantitative estimate of drug-likeness (QED) is 0.657. The Bertz CT molecular complexity index is 1000. The zero-order valence-electron chi connectivity index (χ0n) is 15.0. The molecule has 0 radical (unpaired) electrons. The molecule has 0 aliphatic carbocycles. The second-order valence-corrected chi connectivity index (χ2v) is 7.22. The number of aromatic nitrogens is 2. The molecule has 3 aromatic rings. The number of hydrogen-bond donors (Lipinski definition) is 2. The average molecular weight is 383 g/mol. The predicted octanol–water partition coefficient (Wildman–Crippen LogP) is 2.46. The van der Waals surface area contributed by atoms with Gasteiger partial charge in [-0.3, -0.25) is 19.1 Å². The summed E-state index contributed by atoms with van der Waals surface area (Å²) in [6.45, 7) is 1.98. The first kappa shape index (κ1) is 18.8. The van der Waals surface area contributed by atoms with Gasteiger partial charge in [-0.15, -0.1) is 11.3 Å². The van der Waals surface area contributed by atoms with Gasteiger partial charge in [-0.05, 0) is 29.0 Å². The van der Waals surface area contributed by atoms with Crippen molar-refractivity contribution in [2.75, 3.05) is 0 Å². The number of H-pyrrole nitrogens is 1.